The van der Waals surface area contributed by atoms with E-state index in [-0.39, 0.29) is 11.0 Å². The summed E-state index contributed by atoms with van der Waals surface area (Å²) in [6.07, 6.45) is 0.938. The van der Waals surface area contributed by atoms with Crippen molar-refractivity contribution in [2.75, 3.05) is 19.7 Å². The first kappa shape index (κ1) is 17.8. The van der Waals surface area contributed by atoms with Crippen molar-refractivity contribution in [2.24, 2.45) is 5.92 Å². The van der Waals surface area contributed by atoms with Gasteiger partial charge in [0, 0.05) is 36.9 Å². The molecular formula is C19H26N4O2S. The van der Waals surface area contributed by atoms with E-state index in [0.29, 0.717) is 19.1 Å². The quantitative estimate of drug-likeness (QED) is 0.821. The molecule has 0 unspecified atom stereocenters. The first-order valence-electron chi connectivity index (χ1n) is 9.25. The summed E-state index contributed by atoms with van der Waals surface area (Å²) in [5, 5.41) is 5.76. The molecule has 4 heterocycles. The Bertz CT molecular complexity index is 822. The summed E-state index contributed by atoms with van der Waals surface area (Å²) in [5.41, 5.74) is 2.13. The lowest BCUT2D eigenvalue weighted by Gasteiger charge is -2.38. The number of likely N-dealkylation sites (tertiary alicyclic amines) is 1. The zero-order chi connectivity index (χ0) is 18.3. The Balaban J connectivity index is 1.34. The van der Waals surface area contributed by atoms with Crippen LogP contribution in [0.25, 0.3) is 0 Å². The zero-order valence-electron chi connectivity index (χ0n) is 15.7. The number of nitrogens with zero attached hydrogens (tertiary/aromatic N) is 4. The van der Waals surface area contributed by atoms with Crippen LogP contribution in [-0.4, -0.2) is 39.4 Å². The Labute approximate surface area is 157 Å². The van der Waals surface area contributed by atoms with Crippen LogP contribution in [0.1, 0.15) is 42.0 Å². The van der Waals surface area contributed by atoms with Crippen LogP contribution in [0.2, 0.25) is 0 Å². The van der Waals surface area contributed by atoms with Gasteiger partial charge in [-0.3, -0.25) is 9.69 Å². The van der Waals surface area contributed by atoms with Crippen molar-refractivity contribution in [1.29, 1.82) is 0 Å². The van der Waals surface area contributed by atoms with Gasteiger partial charge in [0.2, 0.25) is 0 Å². The van der Waals surface area contributed by atoms with Gasteiger partial charge >= 0.3 is 0 Å². The number of hydrogen-bond acceptors (Lipinski definition) is 6. The lowest BCUT2D eigenvalue weighted by atomic mass is 9.92. The Hall–Kier alpha value is -1.57. The molecule has 1 fully saturated rings. The highest BCUT2D eigenvalue weighted by Crippen LogP contribution is 2.27. The van der Waals surface area contributed by atoms with Crippen molar-refractivity contribution >= 4 is 11.3 Å². The monoisotopic (exact) mass is 374 g/mol. The molecule has 0 radical (unpaired) electrons. The van der Waals surface area contributed by atoms with Crippen LogP contribution in [0.3, 0.4) is 0 Å². The third kappa shape index (κ3) is 3.75. The minimum atomic E-state index is -0.0469. The number of thiazole rings is 1. The van der Waals surface area contributed by atoms with E-state index in [9.17, 15) is 4.79 Å². The van der Waals surface area contributed by atoms with Crippen molar-refractivity contribution in [2.45, 2.75) is 52.3 Å². The molecule has 140 valence electrons. The highest BCUT2D eigenvalue weighted by atomic mass is 32.1. The molecule has 2 aromatic heterocycles. The van der Waals surface area contributed by atoms with Gasteiger partial charge in [0.15, 0.2) is 0 Å². The molecule has 2 aliphatic heterocycles. The molecule has 2 aliphatic rings. The molecule has 0 aromatic carbocycles. The molecule has 0 amide bonds. The van der Waals surface area contributed by atoms with Gasteiger partial charge in [0.05, 0.1) is 42.6 Å². The molecule has 0 spiro atoms. The summed E-state index contributed by atoms with van der Waals surface area (Å²) < 4.78 is 7.14. The standard InChI is InChI=1S/C19H26N4O2S/c1-19(2,3)16-4-5-18(24)23(21-16)10-13-8-22(9-13)11-17-20-14-6-7-25-12-15(14)26-17/h4-5,13H,6-12H2,1-3H3. The van der Waals surface area contributed by atoms with Gasteiger partial charge in [-0.2, -0.15) is 5.10 Å². The van der Waals surface area contributed by atoms with Gasteiger partial charge in [-0.25, -0.2) is 9.67 Å². The van der Waals surface area contributed by atoms with Crippen LogP contribution in [0.5, 0.6) is 0 Å². The summed E-state index contributed by atoms with van der Waals surface area (Å²) in [6, 6.07) is 3.49. The van der Waals surface area contributed by atoms with E-state index in [0.717, 1.165) is 38.4 Å². The molecule has 26 heavy (non-hydrogen) atoms. The smallest absolute Gasteiger partial charge is 0.266 e. The molecule has 7 heteroatoms. The van der Waals surface area contributed by atoms with Crippen molar-refractivity contribution in [3.05, 3.63) is 43.8 Å². The number of hydrogen-bond donors (Lipinski definition) is 0. The van der Waals surface area contributed by atoms with E-state index in [1.165, 1.54) is 15.6 Å². The molecular weight excluding hydrogens is 348 g/mol. The average molecular weight is 375 g/mol. The van der Waals surface area contributed by atoms with Crippen LogP contribution >= 0.6 is 11.3 Å². The van der Waals surface area contributed by atoms with Crippen molar-refractivity contribution in [1.82, 2.24) is 19.7 Å². The maximum atomic E-state index is 12.1. The van der Waals surface area contributed by atoms with Crippen LogP contribution in [0.15, 0.2) is 16.9 Å². The number of fused-ring (bicyclic) bond motifs is 1. The summed E-state index contributed by atoms with van der Waals surface area (Å²) in [6.45, 7) is 11.4. The zero-order valence-corrected chi connectivity index (χ0v) is 16.5. The van der Waals surface area contributed by atoms with Gasteiger partial charge in [-0.15, -0.1) is 11.3 Å². The Morgan fingerprint density at radius 2 is 2.12 bits per heavy atom. The lowest BCUT2D eigenvalue weighted by molar-refractivity contribution is 0.0761. The average Bonchev–Trinajstić information content (AvgIpc) is 2.96. The fourth-order valence-electron chi connectivity index (χ4n) is 3.48. The van der Waals surface area contributed by atoms with Crippen molar-refractivity contribution in [3.63, 3.8) is 0 Å². The summed E-state index contributed by atoms with van der Waals surface area (Å²) in [5.74, 6) is 0.480. The molecule has 0 bridgehead atoms. The first-order valence-corrected chi connectivity index (χ1v) is 10.1. The minimum absolute atomic E-state index is 0.0101. The fourth-order valence-corrected chi connectivity index (χ4v) is 4.58. The molecule has 0 N–H and O–H groups in total. The second-order valence-corrected chi connectivity index (χ2v) is 9.50. The highest BCUT2D eigenvalue weighted by molar-refractivity contribution is 7.11. The SMILES string of the molecule is CC(C)(C)c1ccc(=O)n(CC2CN(Cc3nc4c(s3)COCC4)C2)n1. The summed E-state index contributed by atoms with van der Waals surface area (Å²) in [7, 11) is 0. The number of ether oxygens (including phenoxy) is 1. The topological polar surface area (TPSA) is 60.2 Å². The maximum Gasteiger partial charge on any atom is 0.266 e. The van der Waals surface area contributed by atoms with Gasteiger partial charge in [0.1, 0.15) is 5.01 Å². The van der Waals surface area contributed by atoms with Gasteiger partial charge in [-0.1, -0.05) is 20.8 Å². The first-order chi connectivity index (χ1) is 12.4. The van der Waals surface area contributed by atoms with Gasteiger partial charge in [0.25, 0.3) is 5.56 Å². The predicted octanol–water partition coefficient (Wildman–Crippen LogP) is 2.20. The van der Waals surface area contributed by atoms with Gasteiger partial charge < -0.3 is 4.74 Å². The predicted molar refractivity (Wildman–Crippen MR) is 101 cm³/mol. The third-order valence-electron chi connectivity index (χ3n) is 5.00. The Kier molecular flexibility index (Phi) is 4.71. The van der Waals surface area contributed by atoms with Crippen LogP contribution < -0.4 is 5.56 Å². The lowest BCUT2D eigenvalue weighted by Crippen LogP contribution is -2.49. The van der Waals surface area contributed by atoms with E-state index in [2.05, 4.69) is 30.8 Å². The molecule has 1 saturated heterocycles. The minimum Gasteiger partial charge on any atom is -0.375 e. The third-order valence-corrected chi connectivity index (χ3v) is 6.05. The van der Waals surface area contributed by atoms with E-state index >= 15 is 0 Å². The second-order valence-electron chi connectivity index (χ2n) is 8.33. The molecule has 0 aliphatic carbocycles. The largest absolute Gasteiger partial charge is 0.375 e. The molecule has 0 saturated carbocycles. The normalized spacial score (nSPS) is 18.6. The van der Waals surface area contributed by atoms with E-state index in [1.54, 1.807) is 22.1 Å². The molecule has 6 nitrogen and oxygen atoms in total. The van der Waals surface area contributed by atoms with Crippen molar-refractivity contribution in [3.8, 4) is 0 Å². The van der Waals surface area contributed by atoms with Crippen LogP contribution in [0, 0.1) is 5.92 Å². The molecule has 4 rings (SSSR count). The second kappa shape index (κ2) is 6.87. The Morgan fingerprint density at radius 3 is 2.85 bits per heavy atom. The molecule has 0 atom stereocenters. The van der Waals surface area contributed by atoms with E-state index in [1.807, 2.05) is 6.07 Å². The van der Waals surface area contributed by atoms with E-state index < -0.39 is 0 Å². The number of aromatic nitrogens is 3. The van der Waals surface area contributed by atoms with E-state index in [4.69, 9.17) is 9.72 Å². The fraction of sp³-hybridized carbons (Fsp3) is 0.632. The van der Waals surface area contributed by atoms with Crippen molar-refractivity contribution < 1.29 is 4.74 Å². The summed E-state index contributed by atoms with van der Waals surface area (Å²) in [4.78, 5) is 20.6. The van der Waals surface area contributed by atoms with Crippen LogP contribution in [0.4, 0.5) is 0 Å². The molecule has 2 aromatic rings. The van der Waals surface area contributed by atoms with Crippen LogP contribution in [-0.2, 0) is 36.3 Å². The van der Waals surface area contributed by atoms with Gasteiger partial charge in [-0.05, 0) is 6.07 Å². The maximum absolute atomic E-state index is 12.1. The summed E-state index contributed by atoms with van der Waals surface area (Å²) >= 11 is 1.78. The highest BCUT2D eigenvalue weighted by Gasteiger charge is 2.29. The number of rotatable bonds is 4. The Morgan fingerprint density at radius 1 is 1.31 bits per heavy atom.